The second kappa shape index (κ2) is 13.8. The van der Waals surface area contributed by atoms with Gasteiger partial charge in [-0.25, -0.2) is 9.97 Å². The zero-order valence-electron chi connectivity index (χ0n) is 20.7. The van der Waals surface area contributed by atoms with Crippen molar-refractivity contribution in [3.63, 3.8) is 0 Å². The zero-order valence-corrected chi connectivity index (χ0v) is 21.5. The van der Waals surface area contributed by atoms with Crippen molar-refractivity contribution < 1.29 is 9.47 Å². The quantitative estimate of drug-likeness (QED) is 0.259. The summed E-state index contributed by atoms with van der Waals surface area (Å²) < 4.78 is 11.2. The molecule has 188 valence electrons. The number of hydrogen-bond donors (Lipinski definition) is 2. The van der Waals surface area contributed by atoms with Crippen molar-refractivity contribution in [1.82, 2.24) is 9.97 Å². The van der Waals surface area contributed by atoms with Gasteiger partial charge in [-0.3, -0.25) is 4.99 Å². The molecule has 8 nitrogen and oxygen atoms in total. The summed E-state index contributed by atoms with van der Waals surface area (Å²) in [6.45, 7) is 6.89. The first-order valence-corrected chi connectivity index (χ1v) is 12.3. The number of hydrogen-bond acceptors (Lipinski definition) is 7. The summed E-state index contributed by atoms with van der Waals surface area (Å²) >= 11 is 6.48. The van der Waals surface area contributed by atoms with Crippen molar-refractivity contribution >= 4 is 51.4 Å². The molecule has 36 heavy (non-hydrogen) atoms. The second-order valence-corrected chi connectivity index (χ2v) is 7.86. The van der Waals surface area contributed by atoms with Gasteiger partial charge in [-0.05, 0) is 48.9 Å². The number of nitrogens with two attached hydrogens (primary N) is 1. The largest absolute Gasteiger partial charge is 0.486 e. The lowest BCUT2D eigenvalue weighted by Gasteiger charge is -2.12. The first-order valence-electron chi connectivity index (χ1n) is 11.9. The molecule has 3 aromatic rings. The molecular formula is C27H31ClN6O2. The van der Waals surface area contributed by atoms with Gasteiger partial charge in [0.15, 0.2) is 0 Å². The van der Waals surface area contributed by atoms with Crippen LogP contribution in [0.3, 0.4) is 0 Å². The molecule has 2 heterocycles. The van der Waals surface area contributed by atoms with Crippen LogP contribution < -0.4 is 15.8 Å². The number of nitrogens with zero attached hydrogens (tertiary/aromatic N) is 4. The Bertz CT molecular complexity index is 1290. The monoisotopic (exact) mass is 506 g/mol. The average molecular weight is 507 g/mol. The Kier molecular flexibility index (Phi) is 10.3. The van der Waals surface area contributed by atoms with Gasteiger partial charge >= 0.3 is 0 Å². The maximum atomic E-state index is 6.48. The Labute approximate surface area is 216 Å². The van der Waals surface area contributed by atoms with E-state index in [0.29, 0.717) is 35.5 Å². The Balaban J connectivity index is 0.00000176. The van der Waals surface area contributed by atoms with Gasteiger partial charge in [-0.15, -0.1) is 0 Å². The Morgan fingerprint density at radius 1 is 1.14 bits per heavy atom. The molecule has 9 heteroatoms. The van der Waals surface area contributed by atoms with Crippen LogP contribution in [0.25, 0.3) is 10.9 Å². The lowest BCUT2D eigenvalue weighted by atomic mass is 10.2. The molecule has 1 aromatic heterocycles. The Morgan fingerprint density at radius 2 is 2.00 bits per heavy atom. The maximum absolute atomic E-state index is 6.48. The van der Waals surface area contributed by atoms with Crippen LogP contribution in [0.5, 0.6) is 5.75 Å². The fraction of sp³-hybridized carbons (Fsp3) is 0.259. The van der Waals surface area contributed by atoms with E-state index in [1.54, 1.807) is 12.3 Å². The second-order valence-electron chi connectivity index (χ2n) is 7.45. The van der Waals surface area contributed by atoms with E-state index in [0.717, 1.165) is 35.1 Å². The van der Waals surface area contributed by atoms with Gasteiger partial charge in [-0.2, -0.15) is 4.99 Å². The molecule has 0 unspecified atom stereocenters. The van der Waals surface area contributed by atoms with E-state index in [1.165, 1.54) is 6.33 Å². The molecule has 1 aliphatic heterocycles. The van der Waals surface area contributed by atoms with E-state index in [4.69, 9.17) is 26.8 Å². The first kappa shape index (κ1) is 26.7. The highest BCUT2D eigenvalue weighted by Gasteiger charge is 2.09. The predicted octanol–water partition coefficient (Wildman–Crippen LogP) is 6.72. The number of fused-ring (bicyclic) bond motifs is 1. The van der Waals surface area contributed by atoms with Gasteiger partial charge in [0, 0.05) is 23.7 Å². The lowest BCUT2D eigenvalue weighted by Crippen LogP contribution is -2.16. The summed E-state index contributed by atoms with van der Waals surface area (Å²) in [5.41, 5.74) is 8.95. The highest BCUT2D eigenvalue weighted by molar-refractivity contribution is 6.32. The standard InChI is InChI=1S/C25H25ClN6O2.C2H6/c1-2-12-33-25(27)32-17-7-9-22-20(13-17)24(30-16-29-22)31-18-8-10-23(21(26)14-18)34-15-19-6-4-3-5-11-28-19;1-2/h3-5,7-11,13-14,16H,2,6,12,15H2,1H3,(H2,27,32)(H,29,30,31);1-2H3. The molecule has 1 aliphatic rings. The van der Waals surface area contributed by atoms with Crippen LogP contribution in [-0.2, 0) is 4.74 Å². The molecule has 0 spiro atoms. The van der Waals surface area contributed by atoms with Gasteiger partial charge < -0.3 is 20.5 Å². The topological polar surface area (TPSA) is 107 Å². The van der Waals surface area contributed by atoms with Crippen molar-refractivity contribution in [2.45, 2.75) is 33.6 Å². The number of benzene rings is 2. The van der Waals surface area contributed by atoms with Gasteiger partial charge in [-0.1, -0.05) is 44.5 Å². The molecule has 0 amide bonds. The summed E-state index contributed by atoms with van der Waals surface area (Å²) in [7, 11) is 0. The number of amidine groups is 1. The molecule has 3 N–H and O–H groups in total. The summed E-state index contributed by atoms with van der Waals surface area (Å²) in [5, 5.41) is 4.57. The van der Waals surface area contributed by atoms with Crippen LogP contribution in [0.2, 0.25) is 5.02 Å². The minimum absolute atomic E-state index is 0.122. The van der Waals surface area contributed by atoms with Crippen molar-refractivity contribution in [3.05, 3.63) is 72.2 Å². The number of halogens is 1. The highest BCUT2D eigenvalue weighted by atomic mass is 35.5. The van der Waals surface area contributed by atoms with Crippen LogP contribution in [0.4, 0.5) is 17.2 Å². The van der Waals surface area contributed by atoms with Crippen LogP contribution in [0.1, 0.15) is 33.6 Å². The lowest BCUT2D eigenvalue weighted by molar-refractivity contribution is 0.300. The maximum Gasteiger partial charge on any atom is 0.287 e. The molecule has 0 aliphatic carbocycles. The first-order chi connectivity index (χ1) is 17.6. The molecular weight excluding hydrogens is 476 g/mol. The molecule has 2 aromatic carbocycles. The third-order valence-electron chi connectivity index (χ3n) is 4.85. The number of anilines is 2. The van der Waals surface area contributed by atoms with Crippen LogP contribution in [0.15, 0.2) is 77.1 Å². The van der Waals surface area contributed by atoms with E-state index in [1.807, 2.05) is 69.3 Å². The van der Waals surface area contributed by atoms with Crippen LogP contribution >= 0.6 is 11.6 Å². The van der Waals surface area contributed by atoms with Gasteiger partial charge in [0.25, 0.3) is 6.02 Å². The average Bonchev–Trinajstić information content (AvgIpc) is 3.17. The van der Waals surface area contributed by atoms with E-state index in [-0.39, 0.29) is 6.02 Å². The van der Waals surface area contributed by atoms with Gasteiger partial charge in [0.2, 0.25) is 0 Å². The minimum Gasteiger partial charge on any atom is -0.486 e. The Hall–Kier alpha value is -3.91. The third-order valence-corrected chi connectivity index (χ3v) is 5.14. The van der Waals surface area contributed by atoms with E-state index in [2.05, 4.69) is 25.3 Å². The normalized spacial score (nSPS) is 12.9. The van der Waals surface area contributed by atoms with Crippen molar-refractivity contribution in [1.29, 1.82) is 0 Å². The summed E-state index contributed by atoms with van der Waals surface area (Å²) in [6, 6.07) is 11.2. The fourth-order valence-corrected chi connectivity index (χ4v) is 3.44. The number of rotatable bonds is 8. The predicted molar refractivity (Wildman–Crippen MR) is 149 cm³/mol. The van der Waals surface area contributed by atoms with E-state index >= 15 is 0 Å². The molecule has 0 radical (unpaired) electrons. The number of aliphatic imine (C=N–C) groups is 2. The van der Waals surface area contributed by atoms with Gasteiger partial charge in [0.1, 0.15) is 24.5 Å². The number of ether oxygens (including phenoxy) is 2. The number of aromatic nitrogens is 2. The zero-order chi connectivity index (χ0) is 25.8. The number of allylic oxidation sites excluding steroid dienone is 3. The highest BCUT2D eigenvalue weighted by Crippen LogP contribution is 2.31. The molecule has 0 atom stereocenters. The molecule has 4 rings (SSSR count). The fourth-order valence-electron chi connectivity index (χ4n) is 3.20. The van der Waals surface area contributed by atoms with Crippen LogP contribution in [-0.4, -0.2) is 34.9 Å². The van der Waals surface area contributed by atoms with Crippen molar-refractivity contribution in [2.24, 2.45) is 15.7 Å². The minimum atomic E-state index is 0.122. The molecule has 0 bridgehead atoms. The van der Waals surface area contributed by atoms with Crippen molar-refractivity contribution in [3.8, 4) is 5.75 Å². The summed E-state index contributed by atoms with van der Waals surface area (Å²) in [4.78, 5) is 17.4. The number of nitrogens with one attached hydrogen (secondary N) is 1. The van der Waals surface area contributed by atoms with E-state index < -0.39 is 0 Å². The Morgan fingerprint density at radius 3 is 2.81 bits per heavy atom. The summed E-state index contributed by atoms with van der Waals surface area (Å²) in [5.74, 6) is 1.20. The smallest absolute Gasteiger partial charge is 0.287 e. The third kappa shape index (κ3) is 7.55. The van der Waals surface area contributed by atoms with Crippen LogP contribution in [0, 0.1) is 0 Å². The molecule has 0 saturated carbocycles. The van der Waals surface area contributed by atoms with E-state index in [9.17, 15) is 0 Å². The SMILES string of the molecule is CC.CCCOC(N)=Nc1ccc2ncnc(Nc3ccc(OCC4=NC=CC=CC4)c(Cl)c3)c2c1. The molecule has 0 saturated heterocycles. The van der Waals surface area contributed by atoms with Crippen molar-refractivity contribution in [2.75, 3.05) is 18.5 Å². The summed E-state index contributed by atoms with van der Waals surface area (Å²) in [6.07, 6.45) is 10.7. The van der Waals surface area contributed by atoms with Gasteiger partial charge in [0.05, 0.1) is 28.5 Å². The molecule has 0 fully saturated rings.